The summed E-state index contributed by atoms with van der Waals surface area (Å²) < 4.78 is 5.60. The highest BCUT2D eigenvalue weighted by molar-refractivity contribution is 6.17. The van der Waals surface area contributed by atoms with Crippen LogP contribution in [0.2, 0.25) is 0 Å². The van der Waals surface area contributed by atoms with E-state index >= 15 is 0 Å². The standard InChI is InChI=1S/C29H36N4O5/c1-3-17-30-26(34)18-20-13-15-21(16-14-20)33-28(36)22-9-5-7-11-24(22)32(29(33)37)19-27(35)31-23-10-6-8-12-25(23)38-4-2/h6,8,10,12-16,22,24H,3-5,7,9,11,17-19H2,1-2H3,(H,30,34)(H,31,35). The first-order chi connectivity index (χ1) is 18.4. The van der Waals surface area contributed by atoms with Gasteiger partial charge in [-0.2, -0.15) is 0 Å². The molecule has 5 amide bonds. The van der Waals surface area contributed by atoms with Crippen molar-refractivity contribution in [3.05, 3.63) is 54.1 Å². The maximum atomic E-state index is 13.7. The van der Waals surface area contributed by atoms with E-state index in [4.69, 9.17) is 4.74 Å². The van der Waals surface area contributed by atoms with E-state index in [0.717, 1.165) is 24.8 Å². The number of benzene rings is 2. The van der Waals surface area contributed by atoms with Crippen molar-refractivity contribution in [3.63, 3.8) is 0 Å². The molecule has 9 heteroatoms. The molecule has 9 nitrogen and oxygen atoms in total. The molecule has 1 aliphatic carbocycles. The smallest absolute Gasteiger partial charge is 0.332 e. The Bertz CT molecular complexity index is 1170. The number of ether oxygens (including phenoxy) is 1. The van der Waals surface area contributed by atoms with Crippen LogP contribution in [0.4, 0.5) is 16.2 Å². The zero-order chi connectivity index (χ0) is 27.1. The largest absolute Gasteiger partial charge is 0.492 e. The van der Waals surface area contributed by atoms with E-state index in [1.165, 1.54) is 9.80 Å². The molecule has 4 rings (SSSR count). The van der Waals surface area contributed by atoms with Crippen molar-refractivity contribution >= 4 is 35.1 Å². The minimum Gasteiger partial charge on any atom is -0.492 e. The molecular formula is C29H36N4O5. The highest BCUT2D eigenvalue weighted by atomic mass is 16.5. The Labute approximate surface area is 223 Å². The molecule has 1 aliphatic heterocycles. The maximum Gasteiger partial charge on any atom is 0.332 e. The quantitative estimate of drug-likeness (QED) is 0.490. The third kappa shape index (κ3) is 6.15. The van der Waals surface area contributed by atoms with Gasteiger partial charge < -0.3 is 20.3 Å². The molecule has 2 N–H and O–H groups in total. The minimum atomic E-state index is -0.500. The van der Waals surface area contributed by atoms with Crippen LogP contribution in [-0.2, 0) is 20.8 Å². The van der Waals surface area contributed by atoms with Gasteiger partial charge in [-0.1, -0.05) is 44.0 Å². The van der Waals surface area contributed by atoms with Gasteiger partial charge in [0.25, 0.3) is 0 Å². The number of urea groups is 1. The highest BCUT2D eigenvalue weighted by Crippen LogP contribution is 2.36. The number of amides is 5. The van der Waals surface area contributed by atoms with Gasteiger partial charge in [0, 0.05) is 12.6 Å². The van der Waals surface area contributed by atoms with E-state index in [-0.39, 0.29) is 42.6 Å². The fourth-order valence-electron chi connectivity index (χ4n) is 5.20. The molecule has 1 saturated carbocycles. The Morgan fingerprint density at radius 2 is 1.71 bits per heavy atom. The van der Waals surface area contributed by atoms with Crippen LogP contribution in [0.1, 0.15) is 51.5 Å². The summed E-state index contributed by atoms with van der Waals surface area (Å²) in [5.74, 6) is -0.449. The van der Waals surface area contributed by atoms with Gasteiger partial charge in [-0.25, -0.2) is 9.69 Å². The molecule has 0 bridgehead atoms. The monoisotopic (exact) mass is 520 g/mol. The number of imide groups is 1. The third-order valence-corrected chi connectivity index (χ3v) is 7.01. The number of carbonyl (C=O) groups is 4. The summed E-state index contributed by atoms with van der Waals surface area (Å²) in [5.41, 5.74) is 1.77. The van der Waals surface area contributed by atoms with Crippen LogP contribution < -0.4 is 20.3 Å². The lowest BCUT2D eigenvalue weighted by Crippen LogP contribution is -2.64. The zero-order valence-electron chi connectivity index (χ0n) is 22.1. The van der Waals surface area contributed by atoms with Crippen molar-refractivity contribution in [1.29, 1.82) is 0 Å². The average molecular weight is 521 g/mol. The van der Waals surface area contributed by atoms with E-state index in [2.05, 4.69) is 10.6 Å². The Morgan fingerprint density at radius 3 is 2.45 bits per heavy atom. The molecule has 0 spiro atoms. The number of nitrogens with zero attached hydrogens (tertiary/aromatic N) is 2. The number of anilines is 2. The second-order valence-corrected chi connectivity index (χ2v) is 9.71. The van der Waals surface area contributed by atoms with E-state index in [0.29, 0.717) is 43.1 Å². The number of rotatable bonds is 10. The van der Waals surface area contributed by atoms with Crippen molar-refractivity contribution in [2.45, 2.75) is 58.4 Å². The Balaban J connectivity index is 1.52. The van der Waals surface area contributed by atoms with E-state index in [9.17, 15) is 19.2 Å². The fourth-order valence-corrected chi connectivity index (χ4v) is 5.20. The Morgan fingerprint density at radius 1 is 0.974 bits per heavy atom. The van der Waals surface area contributed by atoms with Gasteiger partial charge in [-0.15, -0.1) is 0 Å². The van der Waals surface area contributed by atoms with Crippen LogP contribution in [0, 0.1) is 5.92 Å². The molecule has 2 aliphatic rings. The highest BCUT2D eigenvalue weighted by Gasteiger charge is 2.48. The number of fused-ring (bicyclic) bond motifs is 1. The fraction of sp³-hybridized carbons (Fsp3) is 0.448. The molecule has 2 atom stereocenters. The van der Waals surface area contributed by atoms with Crippen molar-refractivity contribution in [2.75, 3.05) is 29.9 Å². The predicted molar refractivity (Wildman–Crippen MR) is 145 cm³/mol. The SMILES string of the molecule is CCCNC(=O)Cc1ccc(N2C(=O)C3CCCCC3N(CC(=O)Nc3ccccc3OCC)C2=O)cc1. The molecule has 2 aromatic rings. The summed E-state index contributed by atoms with van der Waals surface area (Å²) in [5, 5.41) is 5.71. The predicted octanol–water partition coefficient (Wildman–Crippen LogP) is 4.12. The second kappa shape index (κ2) is 12.6. The minimum absolute atomic E-state index is 0.0714. The Hall–Kier alpha value is -3.88. The van der Waals surface area contributed by atoms with Crippen LogP contribution in [0.25, 0.3) is 0 Å². The summed E-state index contributed by atoms with van der Waals surface area (Å²) in [6.45, 7) is 4.77. The summed E-state index contributed by atoms with van der Waals surface area (Å²) in [6.07, 6.45) is 4.26. The Kier molecular flexibility index (Phi) is 8.99. The van der Waals surface area contributed by atoms with Gasteiger partial charge in [0.15, 0.2) is 0 Å². The molecule has 0 aromatic heterocycles. The van der Waals surface area contributed by atoms with E-state index in [1.54, 1.807) is 42.5 Å². The molecular weight excluding hydrogens is 484 g/mol. The molecule has 38 heavy (non-hydrogen) atoms. The van der Waals surface area contributed by atoms with Crippen LogP contribution in [0.5, 0.6) is 5.75 Å². The maximum absolute atomic E-state index is 13.7. The summed E-state index contributed by atoms with van der Waals surface area (Å²) in [6, 6.07) is 13.3. The van der Waals surface area contributed by atoms with Gasteiger partial charge >= 0.3 is 6.03 Å². The summed E-state index contributed by atoms with van der Waals surface area (Å²) >= 11 is 0. The van der Waals surface area contributed by atoms with Gasteiger partial charge in [0.05, 0.1) is 30.3 Å². The van der Waals surface area contributed by atoms with Gasteiger partial charge in [-0.3, -0.25) is 14.4 Å². The molecule has 2 unspecified atom stereocenters. The number of para-hydroxylation sites is 2. The lowest BCUT2D eigenvalue weighted by Gasteiger charge is -2.46. The molecule has 2 aromatic carbocycles. The van der Waals surface area contributed by atoms with Crippen molar-refractivity contribution in [1.82, 2.24) is 10.2 Å². The van der Waals surface area contributed by atoms with E-state index < -0.39 is 6.03 Å². The number of carbonyl (C=O) groups excluding carboxylic acids is 4. The molecule has 1 heterocycles. The first-order valence-corrected chi connectivity index (χ1v) is 13.4. The van der Waals surface area contributed by atoms with E-state index in [1.807, 2.05) is 19.9 Å². The zero-order valence-corrected chi connectivity index (χ0v) is 22.1. The third-order valence-electron chi connectivity index (χ3n) is 7.01. The first kappa shape index (κ1) is 27.2. The molecule has 1 saturated heterocycles. The van der Waals surface area contributed by atoms with Crippen molar-refractivity contribution in [3.8, 4) is 5.75 Å². The van der Waals surface area contributed by atoms with Gasteiger partial charge in [0.2, 0.25) is 17.7 Å². The van der Waals surface area contributed by atoms with Crippen LogP contribution in [0.3, 0.4) is 0 Å². The lowest BCUT2D eigenvalue weighted by atomic mass is 9.81. The van der Waals surface area contributed by atoms with Crippen LogP contribution in [-0.4, -0.2) is 54.4 Å². The second-order valence-electron chi connectivity index (χ2n) is 9.71. The van der Waals surface area contributed by atoms with Crippen LogP contribution in [0.15, 0.2) is 48.5 Å². The topological polar surface area (TPSA) is 108 Å². The molecule has 2 fully saturated rings. The van der Waals surface area contributed by atoms with Crippen molar-refractivity contribution in [2.24, 2.45) is 5.92 Å². The summed E-state index contributed by atoms with van der Waals surface area (Å²) in [7, 11) is 0. The molecule has 0 radical (unpaired) electrons. The number of nitrogens with one attached hydrogen (secondary N) is 2. The summed E-state index contributed by atoms with van der Waals surface area (Å²) in [4.78, 5) is 55.1. The number of hydrogen-bond donors (Lipinski definition) is 2. The first-order valence-electron chi connectivity index (χ1n) is 13.4. The van der Waals surface area contributed by atoms with Crippen molar-refractivity contribution < 1.29 is 23.9 Å². The number of hydrogen-bond acceptors (Lipinski definition) is 5. The normalized spacial score (nSPS) is 19.1. The van der Waals surface area contributed by atoms with Gasteiger partial charge in [-0.05, 0) is 56.0 Å². The van der Waals surface area contributed by atoms with Gasteiger partial charge in [0.1, 0.15) is 12.3 Å². The lowest BCUT2D eigenvalue weighted by molar-refractivity contribution is -0.128. The molecule has 202 valence electrons. The average Bonchev–Trinajstić information content (AvgIpc) is 2.92. The van der Waals surface area contributed by atoms with Crippen LogP contribution >= 0.6 is 0 Å².